The largest absolute Gasteiger partial charge is 0.395 e. The molecule has 0 saturated carbocycles. The number of aliphatic hydroxyl groups is 1. The van der Waals surface area contributed by atoms with Gasteiger partial charge in [-0.15, -0.1) is 0 Å². The maximum Gasteiger partial charge on any atom is 0.254 e. The standard InChI is InChI=1S/C13H16BrFN2O2/c14-11-2-1-10(9-12(11)15)13(19)17-5-3-16(4-6-17)7-8-18/h1-2,9,18H,3-8H2. The van der Waals surface area contributed by atoms with E-state index in [9.17, 15) is 9.18 Å². The molecule has 0 aliphatic carbocycles. The number of carbonyl (C=O) groups is 1. The molecule has 19 heavy (non-hydrogen) atoms. The second-order valence-corrected chi connectivity index (χ2v) is 5.34. The van der Waals surface area contributed by atoms with Gasteiger partial charge in [0.15, 0.2) is 0 Å². The van der Waals surface area contributed by atoms with Gasteiger partial charge in [0.1, 0.15) is 5.82 Å². The summed E-state index contributed by atoms with van der Waals surface area (Å²) in [6.45, 7) is 3.46. The number of nitrogens with zero attached hydrogens (tertiary/aromatic N) is 2. The number of halogens is 2. The molecular formula is C13H16BrFN2O2. The fraction of sp³-hybridized carbons (Fsp3) is 0.462. The number of aliphatic hydroxyl groups excluding tert-OH is 1. The van der Waals surface area contributed by atoms with Crippen LogP contribution in [0.2, 0.25) is 0 Å². The minimum Gasteiger partial charge on any atom is -0.395 e. The molecule has 1 aliphatic heterocycles. The van der Waals surface area contributed by atoms with Crippen LogP contribution in [0.5, 0.6) is 0 Å². The highest BCUT2D eigenvalue weighted by atomic mass is 79.9. The number of rotatable bonds is 3. The lowest BCUT2D eigenvalue weighted by atomic mass is 10.1. The van der Waals surface area contributed by atoms with Crippen LogP contribution >= 0.6 is 15.9 Å². The molecular weight excluding hydrogens is 315 g/mol. The van der Waals surface area contributed by atoms with Crippen molar-refractivity contribution in [2.75, 3.05) is 39.3 Å². The molecule has 1 saturated heterocycles. The van der Waals surface area contributed by atoms with Crippen molar-refractivity contribution in [3.63, 3.8) is 0 Å². The molecule has 0 bridgehead atoms. The molecule has 104 valence electrons. The SMILES string of the molecule is O=C(c1ccc(Br)c(F)c1)N1CCN(CCO)CC1. The van der Waals surface area contributed by atoms with Crippen LogP contribution in [0, 0.1) is 5.82 Å². The van der Waals surface area contributed by atoms with Gasteiger partial charge in [-0.25, -0.2) is 4.39 Å². The van der Waals surface area contributed by atoms with Gasteiger partial charge in [0.2, 0.25) is 0 Å². The van der Waals surface area contributed by atoms with Crippen molar-refractivity contribution in [1.82, 2.24) is 9.80 Å². The van der Waals surface area contributed by atoms with Crippen molar-refractivity contribution >= 4 is 21.8 Å². The molecule has 4 nitrogen and oxygen atoms in total. The van der Waals surface area contributed by atoms with Gasteiger partial charge in [0.05, 0.1) is 11.1 Å². The normalized spacial score (nSPS) is 16.7. The van der Waals surface area contributed by atoms with E-state index in [1.165, 1.54) is 6.07 Å². The summed E-state index contributed by atoms with van der Waals surface area (Å²) in [7, 11) is 0. The van der Waals surface area contributed by atoms with E-state index in [-0.39, 0.29) is 12.5 Å². The van der Waals surface area contributed by atoms with Gasteiger partial charge in [-0.05, 0) is 34.1 Å². The van der Waals surface area contributed by atoms with Gasteiger partial charge in [-0.2, -0.15) is 0 Å². The molecule has 0 spiro atoms. The van der Waals surface area contributed by atoms with Crippen LogP contribution in [0.3, 0.4) is 0 Å². The van der Waals surface area contributed by atoms with Gasteiger partial charge >= 0.3 is 0 Å². The molecule has 0 aromatic heterocycles. The Bertz CT molecular complexity index is 462. The Kier molecular flexibility index (Phi) is 4.90. The second-order valence-electron chi connectivity index (χ2n) is 4.49. The van der Waals surface area contributed by atoms with Crippen molar-refractivity contribution in [1.29, 1.82) is 0 Å². The Labute approximate surface area is 119 Å². The maximum absolute atomic E-state index is 13.4. The van der Waals surface area contributed by atoms with Crippen molar-refractivity contribution in [3.05, 3.63) is 34.1 Å². The molecule has 0 radical (unpaired) electrons. The molecule has 1 N–H and O–H groups in total. The molecule has 1 aromatic rings. The van der Waals surface area contributed by atoms with E-state index in [1.807, 2.05) is 0 Å². The Morgan fingerprint density at radius 2 is 2.00 bits per heavy atom. The van der Waals surface area contributed by atoms with Crippen molar-refractivity contribution in [2.24, 2.45) is 0 Å². The molecule has 1 aliphatic rings. The summed E-state index contributed by atoms with van der Waals surface area (Å²) in [6, 6.07) is 4.42. The first-order chi connectivity index (χ1) is 9.11. The van der Waals surface area contributed by atoms with Crippen LogP contribution in [0.4, 0.5) is 4.39 Å². The van der Waals surface area contributed by atoms with Crippen LogP contribution in [0.15, 0.2) is 22.7 Å². The molecule has 1 aromatic carbocycles. The zero-order valence-electron chi connectivity index (χ0n) is 10.5. The van der Waals surface area contributed by atoms with Crippen molar-refractivity contribution in [2.45, 2.75) is 0 Å². The number of carbonyl (C=O) groups excluding carboxylic acids is 1. The highest BCUT2D eigenvalue weighted by molar-refractivity contribution is 9.10. The number of hydrogen-bond donors (Lipinski definition) is 1. The summed E-state index contributed by atoms with van der Waals surface area (Å²) in [5, 5.41) is 8.86. The summed E-state index contributed by atoms with van der Waals surface area (Å²) in [6.07, 6.45) is 0. The van der Waals surface area contributed by atoms with E-state index in [0.29, 0.717) is 29.7 Å². The van der Waals surface area contributed by atoms with Gasteiger partial charge < -0.3 is 10.0 Å². The number of amides is 1. The van der Waals surface area contributed by atoms with Crippen LogP contribution in [0.1, 0.15) is 10.4 Å². The molecule has 6 heteroatoms. The number of hydrogen-bond acceptors (Lipinski definition) is 3. The van der Waals surface area contributed by atoms with Gasteiger partial charge in [-0.1, -0.05) is 0 Å². The maximum atomic E-state index is 13.4. The summed E-state index contributed by atoms with van der Waals surface area (Å²) < 4.78 is 13.8. The third-order valence-electron chi connectivity index (χ3n) is 3.24. The lowest BCUT2D eigenvalue weighted by Gasteiger charge is -2.34. The summed E-state index contributed by atoms with van der Waals surface area (Å²) in [4.78, 5) is 16.0. The van der Waals surface area contributed by atoms with Crippen LogP contribution < -0.4 is 0 Å². The highest BCUT2D eigenvalue weighted by Gasteiger charge is 2.22. The van der Waals surface area contributed by atoms with Gasteiger partial charge in [0.25, 0.3) is 5.91 Å². The fourth-order valence-corrected chi connectivity index (χ4v) is 2.37. The van der Waals surface area contributed by atoms with E-state index < -0.39 is 5.82 Å². The lowest BCUT2D eigenvalue weighted by Crippen LogP contribution is -2.49. The van der Waals surface area contributed by atoms with Crippen molar-refractivity contribution < 1.29 is 14.3 Å². The Morgan fingerprint density at radius 3 is 2.58 bits per heavy atom. The zero-order valence-corrected chi connectivity index (χ0v) is 12.1. The minimum atomic E-state index is -0.426. The zero-order chi connectivity index (χ0) is 13.8. The molecule has 1 fully saturated rings. The van der Waals surface area contributed by atoms with Gasteiger partial charge in [0, 0.05) is 38.3 Å². The highest BCUT2D eigenvalue weighted by Crippen LogP contribution is 2.18. The minimum absolute atomic E-state index is 0.131. The summed E-state index contributed by atoms with van der Waals surface area (Å²) >= 11 is 3.07. The smallest absolute Gasteiger partial charge is 0.254 e. The first-order valence-electron chi connectivity index (χ1n) is 6.19. The average molecular weight is 331 g/mol. The first kappa shape index (κ1) is 14.4. The third kappa shape index (κ3) is 3.52. The van der Waals surface area contributed by atoms with E-state index in [0.717, 1.165) is 13.1 Å². The van der Waals surface area contributed by atoms with E-state index >= 15 is 0 Å². The molecule has 1 heterocycles. The van der Waals surface area contributed by atoms with Crippen LogP contribution in [-0.4, -0.2) is 60.1 Å². The second kappa shape index (κ2) is 6.45. The topological polar surface area (TPSA) is 43.8 Å². The molecule has 0 atom stereocenters. The van der Waals surface area contributed by atoms with Crippen molar-refractivity contribution in [3.8, 4) is 0 Å². The summed E-state index contributed by atoms with van der Waals surface area (Å²) in [5.74, 6) is -0.570. The number of β-amino-alcohol motifs (C(OH)–C–C–N with tert-alkyl or cyclic N) is 1. The lowest BCUT2D eigenvalue weighted by molar-refractivity contribution is 0.0614. The van der Waals surface area contributed by atoms with E-state index in [4.69, 9.17) is 5.11 Å². The molecule has 1 amide bonds. The van der Waals surface area contributed by atoms with Crippen LogP contribution in [-0.2, 0) is 0 Å². The molecule has 2 rings (SSSR count). The number of piperazine rings is 1. The third-order valence-corrected chi connectivity index (χ3v) is 3.89. The molecule has 0 unspecified atom stereocenters. The van der Waals surface area contributed by atoms with Gasteiger partial charge in [-0.3, -0.25) is 9.69 Å². The quantitative estimate of drug-likeness (QED) is 0.909. The average Bonchev–Trinajstić information content (AvgIpc) is 2.42. The Balaban J connectivity index is 1.99. The fourth-order valence-electron chi connectivity index (χ4n) is 2.13. The number of benzene rings is 1. The Hall–Kier alpha value is -0.980. The first-order valence-corrected chi connectivity index (χ1v) is 6.98. The predicted octanol–water partition coefficient (Wildman–Crippen LogP) is 1.34. The Morgan fingerprint density at radius 1 is 1.32 bits per heavy atom. The monoisotopic (exact) mass is 330 g/mol. The van der Waals surface area contributed by atoms with E-state index in [1.54, 1.807) is 17.0 Å². The predicted molar refractivity (Wildman–Crippen MR) is 73.5 cm³/mol. The van der Waals surface area contributed by atoms with Crippen LogP contribution in [0.25, 0.3) is 0 Å². The van der Waals surface area contributed by atoms with E-state index in [2.05, 4.69) is 20.8 Å². The summed E-state index contributed by atoms with van der Waals surface area (Å²) in [5.41, 5.74) is 0.372.